The SMILES string of the molecule is CCN1CCC(CN2CCCNCC2=O)C1. The number of nitrogens with one attached hydrogen (secondary N) is 1. The first kappa shape index (κ1) is 11.9. The lowest BCUT2D eigenvalue weighted by atomic mass is 10.1. The van der Waals surface area contributed by atoms with Crippen LogP contribution in [-0.4, -0.2) is 61.5 Å². The third-order valence-corrected chi connectivity index (χ3v) is 3.71. The zero-order valence-corrected chi connectivity index (χ0v) is 10.2. The standard InChI is InChI=1S/C12H23N3O/c1-2-14-7-4-11(9-14)10-15-6-3-5-13-8-12(15)16/h11,13H,2-10H2,1H3. The molecule has 1 atom stereocenters. The van der Waals surface area contributed by atoms with Gasteiger partial charge in [0.2, 0.25) is 5.91 Å². The summed E-state index contributed by atoms with van der Waals surface area (Å²) in [6.45, 7) is 9.16. The van der Waals surface area contributed by atoms with E-state index in [-0.39, 0.29) is 5.91 Å². The molecule has 0 spiro atoms. The van der Waals surface area contributed by atoms with Crippen molar-refractivity contribution in [2.24, 2.45) is 5.92 Å². The zero-order valence-electron chi connectivity index (χ0n) is 10.2. The monoisotopic (exact) mass is 225 g/mol. The normalized spacial score (nSPS) is 28.4. The molecule has 1 amide bonds. The summed E-state index contributed by atoms with van der Waals surface area (Å²) < 4.78 is 0. The molecule has 4 heteroatoms. The molecule has 2 fully saturated rings. The molecule has 0 aromatic rings. The predicted molar refractivity (Wildman–Crippen MR) is 64.3 cm³/mol. The highest BCUT2D eigenvalue weighted by Gasteiger charge is 2.25. The van der Waals surface area contributed by atoms with Crippen LogP contribution >= 0.6 is 0 Å². The molecule has 0 aromatic heterocycles. The largest absolute Gasteiger partial charge is 0.341 e. The van der Waals surface area contributed by atoms with Crippen LogP contribution in [0.5, 0.6) is 0 Å². The summed E-state index contributed by atoms with van der Waals surface area (Å²) in [5.74, 6) is 0.981. The average Bonchev–Trinajstić information content (AvgIpc) is 2.65. The van der Waals surface area contributed by atoms with Crippen molar-refractivity contribution >= 4 is 5.91 Å². The van der Waals surface area contributed by atoms with E-state index in [1.165, 1.54) is 19.5 Å². The van der Waals surface area contributed by atoms with Crippen LogP contribution in [0.25, 0.3) is 0 Å². The van der Waals surface area contributed by atoms with Crippen molar-refractivity contribution in [1.29, 1.82) is 0 Å². The number of carbonyl (C=O) groups excluding carboxylic acids is 1. The van der Waals surface area contributed by atoms with Crippen LogP contribution in [-0.2, 0) is 4.79 Å². The number of rotatable bonds is 3. The highest BCUT2D eigenvalue weighted by atomic mass is 16.2. The van der Waals surface area contributed by atoms with Gasteiger partial charge in [0.05, 0.1) is 6.54 Å². The van der Waals surface area contributed by atoms with E-state index in [9.17, 15) is 4.79 Å². The second-order valence-corrected chi connectivity index (χ2v) is 4.92. The van der Waals surface area contributed by atoms with Crippen LogP contribution in [0.4, 0.5) is 0 Å². The van der Waals surface area contributed by atoms with Crippen LogP contribution in [0.3, 0.4) is 0 Å². The van der Waals surface area contributed by atoms with Gasteiger partial charge in [-0.2, -0.15) is 0 Å². The Kier molecular flexibility index (Phi) is 4.18. The molecule has 0 saturated carbocycles. The summed E-state index contributed by atoms with van der Waals surface area (Å²) in [5.41, 5.74) is 0. The minimum atomic E-state index is 0.285. The molecule has 2 heterocycles. The highest BCUT2D eigenvalue weighted by Crippen LogP contribution is 2.17. The number of nitrogens with zero attached hydrogens (tertiary/aromatic N) is 2. The molecule has 0 aromatic carbocycles. The molecule has 4 nitrogen and oxygen atoms in total. The Balaban J connectivity index is 1.81. The van der Waals surface area contributed by atoms with Crippen LogP contribution in [0, 0.1) is 5.92 Å². The van der Waals surface area contributed by atoms with E-state index in [0.717, 1.165) is 32.6 Å². The Morgan fingerprint density at radius 1 is 1.44 bits per heavy atom. The molecule has 2 saturated heterocycles. The van der Waals surface area contributed by atoms with E-state index in [4.69, 9.17) is 0 Å². The fourth-order valence-electron chi connectivity index (χ4n) is 2.68. The third-order valence-electron chi connectivity index (χ3n) is 3.71. The second-order valence-electron chi connectivity index (χ2n) is 4.92. The second kappa shape index (κ2) is 5.64. The number of likely N-dealkylation sites (tertiary alicyclic amines) is 1. The smallest absolute Gasteiger partial charge is 0.236 e. The van der Waals surface area contributed by atoms with E-state index >= 15 is 0 Å². The van der Waals surface area contributed by atoms with Crippen molar-refractivity contribution in [3.8, 4) is 0 Å². The van der Waals surface area contributed by atoms with Crippen molar-refractivity contribution in [2.45, 2.75) is 19.8 Å². The van der Waals surface area contributed by atoms with E-state index < -0.39 is 0 Å². The van der Waals surface area contributed by atoms with Crippen LogP contribution in [0.2, 0.25) is 0 Å². The molecule has 16 heavy (non-hydrogen) atoms. The minimum Gasteiger partial charge on any atom is -0.341 e. The molecule has 0 bridgehead atoms. The molecular weight excluding hydrogens is 202 g/mol. The van der Waals surface area contributed by atoms with E-state index in [0.29, 0.717) is 12.5 Å². The molecule has 1 N–H and O–H groups in total. The molecule has 92 valence electrons. The van der Waals surface area contributed by atoms with Gasteiger partial charge in [-0.15, -0.1) is 0 Å². The first-order valence-corrected chi connectivity index (χ1v) is 6.50. The maximum Gasteiger partial charge on any atom is 0.236 e. The van der Waals surface area contributed by atoms with Gasteiger partial charge in [-0.1, -0.05) is 6.92 Å². The molecule has 2 rings (SSSR count). The lowest BCUT2D eigenvalue weighted by molar-refractivity contribution is -0.130. The first-order valence-electron chi connectivity index (χ1n) is 6.50. The van der Waals surface area contributed by atoms with Crippen LogP contribution in [0.1, 0.15) is 19.8 Å². The predicted octanol–water partition coefficient (Wildman–Crippen LogP) is 0.150. The molecular formula is C12H23N3O. The molecule has 0 radical (unpaired) electrons. The Morgan fingerprint density at radius 2 is 2.31 bits per heavy atom. The van der Waals surface area contributed by atoms with E-state index in [1.54, 1.807) is 0 Å². The van der Waals surface area contributed by atoms with Crippen LogP contribution < -0.4 is 5.32 Å². The zero-order chi connectivity index (χ0) is 11.4. The number of hydrogen-bond donors (Lipinski definition) is 1. The van der Waals surface area contributed by atoms with Crippen molar-refractivity contribution in [1.82, 2.24) is 15.1 Å². The van der Waals surface area contributed by atoms with Gasteiger partial charge >= 0.3 is 0 Å². The fraction of sp³-hybridized carbons (Fsp3) is 0.917. The van der Waals surface area contributed by atoms with Crippen molar-refractivity contribution in [3.63, 3.8) is 0 Å². The van der Waals surface area contributed by atoms with Gasteiger partial charge < -0.3 is 15.1 Å². The van der Waals surface area contributed by atoms with Gasteiger partial charge in [-0.3, -0.25) is 4.79 Å². The van der Waals surface area contributed by atoms with Gasteiger partial charge in [0, 0.05) is 19.6 Å². The van der Waals surface area contributed by atoms with Gasteiger partial charge in [0.25, 0.3) is 0 Å². The maximum atomic E-state index is 11.8. The Bertz CT molecular complexity index is 244. The van der Waals surface area contributed by atoms with Gasteiger partial charge in [-0.25, -0.2) is 0 Å². The first-order chi connectivity index (χ1) is 7.79. The third kappa shape index (κ3) is 2.95. The molecule has 1 unspecified atom stereocenters. The van der Waals surface area contributed by atoms with Crippen molar-refractivity contribution in [3.05, 3.63) is 0 Å². The summed E-state index contributed by atoms with van der Waals surface area (Å²) >= 11 is 0. The summed E-state index contributed by atoms with van der Waals surface area (Å²) in [4.78, 5) is 16.3. The summed E-state index contributed by atoms with van der Waals surface area (Å²) in [6.07, 6.45) is 2.35. The number of carbonyl (C=O) groups is 1. The van der Waals surface area contributed by atoms with Gasteiger partial charge in [-0.05, 0) is 38.4 Å². The summed E-state index contributed by atoms with van der Waals surface area (Å²) in [7, 11) is 0. The average molecular weight is 225 g/mol. The quantitative estimate of drug-likeness (QED) is 0.743. The van der Waals surface area contributed by atoms with E-state index in [1.807, 2.05) is 0 Å². The van der Waals surface area contributed by atoms with Crippen molar-refractivity contribution in [2.75, 3.05) is 45.8 Å². The van der Waals surface area contributed by atoms with E-state index in [2.05, 4.69) is 22.0 Å². The van der Waals surface area contributed by atoms with Crippen molar-refractivity contribution < 1.29 is 4.79 Å². The molecule has 2 aliphatic rings. The Labute approximate surface area is 98.0 Å². The summed E-state index contributed by atoms with van der Waals surface area (Å²) in [6, 6.07) is 0. The maximum absolute atomic E-state index is 11.8. The fourth-order valence-corrected chi connectivity index (χ4v) is 2.68. The number of hydrogen-bond acceptors (Lipinski definition) is 3. The lowest BCUT2D eigenvalue weighted by Gasteiger charge is -2.24. The minimum absolute atomic E-state index is 0.285. The number of amides is 1. The topological polar surface area (TPSA) is 35.6 Å². The summed E-state index contributed by atoms with van der Waals surface area (Å²) in [5, 5.41) is 3.17. The Hall–Kier alpha value is -0.610. The molecule has 0 aliphatic carbocycles. The van der Waals surface area contributed by atoms with Gasteiger partial charge in [0.15, 0.2) is 0 Å². The highest BCUT2D eigenvalue weighted by molar-refractivity contribution is 5.78. The van der Waals surface area contributed by atoms with Crippen LogP contribution in [0.15, 0.2) is 0 Å². The van der Waals surface area contributed by atoms with Gasteiger partial charge in [0.1, 0.15) is 0 Å². The Morgan fingerprint density at radius 3 is 3.06 bits per heavy atom. The lowest BCUT2D eigenvalue weighted by Crippen LogP contribution is -2.38. The molecule has 2 aliphatic heterocycles.